The zero-order valence-corrected chi connectivity index (χ0v) is 20.3. The van der Waals surface area contributed by atoms with Crippen LogP contribution in [0.15, 0.2) is 106 Å². The second-order valence-electron chi connectivity index (χ2n) is 9.35. The fraction of sp³-hybridized carbons (Fsp3) is 0.0312. The van der Waals surface area contributed by atoms with E-state index in [1.807, 2.05) is 30.3 Å². The van der Waals surface area contributed by atoms with E-state index in [1.54, 1.807) is 48.5 Å². The SMILES string of the molecule is O=c1oc2ccccc2c(O)c1C(c1cccc(F)c1)c1c(O)c2ccccc2c2nc3ccccc3nc12. The third kappa shape index (κ3) is 3.51. The average Bonchev–Trinajstić information content (AvgIpc) is 2.95. The van der Waals surface area contributed by atoms with Gasteiger partial charge in [-0.3, -0.25) is 0 Å². The molecule has 7 rings (SSSR count). The number of phenols is 1. The number of aromatic hydroxyl groups is 2. The number of benzene rings is 5. The molecule has 2 aromatic heterocycles. The van der Waals surface area contributed by atoms with Gasteiger partial charge in [-0.25, -0.2) is 19.2 Å². The molecule has 2 heterocycles. The van der Waals surface area contributed by atoms with Gasteiger partial charge in [0.15, 0.2) is 0 Å². The topological polar surface area (TPSA) is 96.5 Å². The van der Waals surface area contributed by atoms with Crippen molar-refractivity contribution in [3.63, 3.8) is 0 Å². The number of nitrogens with zero attached hydrogens (tertiary/aromatic N) is 2. The molecule has 0 radical (unpaired) electrons. The van der Waals surface area contributed by atoms with Crippen LogP contribution in [-0.2, 0) is 0 Å². The lowest BCUT2D eigenvalue weighted by atomic mass is 9.82. The molecule has 7 heteroatoms. The van der Waals surface area contributed by atoms with Crippen LogP contribution in [0.5, 0.6) is 11.5 Å². The first kappa shape index (κ1) is 22.9. The van der Waals surface area contributed by atoms with Crippen molar-refractivity contribution in [3.8, 4) is 11.5 Å². The predicted octanol–water partition coefficient (Wildman–Crippen LogP) is 6.77. The summed E-state index contributed by atoms with van der Waals surface area (Å²) in [5.74, 6) is -2.14. The van der Waals surface area contributed by atoms with E-state index in [4.69, 9.17) is 14.4 Å². The summed E-state index contributed by atoms with van der Waals surface area (Å²) in [4.78, 5) is 23.3. The van der Waals surface area contributed by atoms with Crippen molar-refractivity contribution in [2.24, 2.45) is 0 Å². The third-order valence-corrected chi connectivity index (χ3v) is 7.10. The van der Waals surface area contributed by atoms with Gasteiger partial charge in [-0.2, -0.15) is 0 Å². The zero-order valence-electron chi connectivity index (χ0n) is 20.3. The van der Waals surface area contributed by atoms with E-state index < -0.39 is 17.4 Å². The zero-order chi connectivity index (χ0) is 26.7. The Kier molecular flexibility index (Phi) is 5.06. The van der Waals surface area contributed by atoms with Gasteiger partial charge in [-0.15, -0.1) is 0 Å². The normalized spacial score (nSPS) is 12.4. The fourth-order valence-electron chi connectivity index (χ4n) is 5.37. The number of fused-ring (bicyclic) bond motifs is 5. The molecule has 0 aliphatic heterocycles. The summed E-state index contributed by atoms with van der Waals surface area (Å²) in [6.45, 7) is 0. The molecule has 0 saturated carbocycles. The molecule has 0 saturated heterocycles. The monoisotopic (exact) mass is 514 g/mol. The van der Waals surface area contributed by atoms with Crippen LogP contribution in [-0.4, -0.2) is 20.2 Å². The van der Waals surface area contributed by atoms with E-state index in [0.717, 1.165) is 0 Å². The standard InChI is InChI=1S/C32H19FN2O4/c33-18-9-7-8-17(16-18)25(27-31(37)21-12-3-6-15-24(21)39-32(27)38)26-29-28(19-10-1-2-11-20(19)30(26)36)34-22-13-4-5-14-23(22)35-29/h1-16,25,36-37H. The van der Waals surface area contributed by atoms with Gasteiger partial charge in [-0.05, 0) is 42.0 Å². The first-order chi connectivity index (χ1) is 19.0. The highest BCUT2D eigenvalue weighted by Gasteiger charge is 2.32. The molecule has 0 fully saturated rings. The molecular weight excluding hydrogens is 495 g/mol. The van der Waals surface area contributed by atoms with Crippen molar-refractivity contribution >= 4 is 43.8 Å². The fourth-order valence-corrected chi connectivity index (χ4v) is 5.37. The quantitative estimate of drug-likeness (QED) is 0.153. The lowest BCUT2D eigenvalue weighted by Gasteiger charge is -2.23. The number of phenolic OH excluding ortho intramolecular Hbond substituents is 1. The second-order valence-corrected chi connectivity index (χ2v) is 9.35. The molecule has 0 aliphatic carbocycles. The highest BCUT2D eigenvalue weighted by Crippen LogP contribution is 2.47. The molecule has 7 aromatic rings. The van der Waals surface area contributed by atoms with Crippen LogP contribution in [0.25, 0.3) is 43.8 Å². The van der Waals surface area contributed by atoms with Gasteiger partial charge in [0, 0.05) is 16.3 Å². The van der Waals surface area contributed by atoms with Gasteiger partial charge in [0.1, 0.15) is 22.9 Å². The van der Waals surface area contributed by atoms with Crippen molar-refractivity contribution in [1.29, 1.82) is 0 Å². The summed E-state index contributed by atoms with van der Waals surface area (Å²) in [6, 6.07) is 26.9. The summed E-state index contributed by atoms with van der Waals surface area (Å²) in [6.07, 6.45) is 0. The Morgan fingerprint density at radius 3 is 2.03 bits per heavy atom. The minimum absolute atomic E-state index is 0.138. The van der Waals surface area contributed by atoms with Gasteiger partial charge < -0.3 is 14.6 Å². The maximum Gasteiger partial charge on any atom is 0.344 e. The summed E-state index contributed by atoms with van der Waals surface area (Å²) in [5, 5.41) is 24.7. The Balaban J connectivity index is 1.70. The summed E-state index contributed by atoms with van der Waals surface area (Å²) in [7, 11) is 0. The number of rotatable bonds is 3. The van der Waals surface area contributed by atoms with Gasteiger partial charge in [0.2, 0.25) is 0 Å². The van der Waals surface area contributed by atoms with Crippen molar-refractivity contribution in [1.82, 2.24) is 9.97 Å². The van der Waals surface area contributed by atoms with Crippen LogP contribution in [0.2, 0.25) is 0 Å². The van der Waals surface area contributed by atoms with E-state index in [1.165, 1.54) is 18.2 Å². The van der Waals surface area contributed by atoms with Crippen LogP contribution in [0, 0.1) is 5.82 Å². The summed E-state index contributed by atoms with van der Waals surface area (Å²) in [5.41, 5.74) is 1.86. The Bertz CT molecular complexity index is 2160. The van der Waals surface area contributed by atoms with Gasteiger partial charge in [0.05, 0.1) is 38.9 Å². The molecule has 0 amide bonds. The Morgan fingerprint density at radius 2 is 1.28 bits per heavy atom. The Hall–Kier alpha value is -5.30. The minimum Gasteiger partial charge on any atom is -0.507 e. The van der Waals surface area contributed by atoms with Crippen LogP contribution in [0.3, 0.4) is 0 Å². The maximum atomic E-state index is 14.6. The van der Waals surface area contributed by atoms with Gasteiger partial charge >= 0.3 is 5.63 Å². The van der Waals surface area contributed by atoms with E-state index >= 15 is 0 Å². The summed E-state index contributed by atoms with van der Waals surface area (Å²) >= 11 is 0. The number of hydrogen-bond acceptors (Lipinski definition) is 6. The lowest BCUT2D eigenvalue weighted by molar-refractivity contribution is 0.450. The van der Waals surface area contributed by atoms with Crippen LogP contribution < -0.4 is 5.63 Å². The largest absolute Gasteiger partial charge is 0.507 e. The van der Waals surface area contributed by atoms with E-state index in [9.17, 15) is 19.4 Å². The molecular formula is C32H19FN2O4. The van der Waals surface area contributed by atoms with Crippen LogP contribution in [0.1, 0.15) is 22.6 Å². The highest BCUT2D eigenvalue weighted by molar-refractivity contribution is 6.11. The van der Waals surface area contributed by atoms with Crippen molar-refractivity contribution < 1.29 is 19.0 Å². The van der Waals surface area contributed by atoms with Crippen molar-refractivity contribution in [3.05, 3.63) is 130 Å². The van der Waals surface area contributed by atoms with Crippen molar-refractivity contribution in [2.75, 3.05) is 0 Å². The third-order valence-electron chi connectivity index (χ3n) is 7.10. The van der Waals surface area contributed by atoms with Crippen LogP contribution >= 0.6 is 0 Å². The number of aromatic nitrogens is 2. The Morgan fingerprint density at radius 1 is 0.667 bits per heavy atom. The number of hydrogen-bond donors (Lipinski definition) is 2. The molecule has 0 bridgehead atoms. The van der Waals surface area contributed by atoms with Crippen LogP contribution in [0.4, 0.5) is 4.39 Å². The molecule has 0 aliphatic rings. The molecule has 1 unspecified atom stereocenters. The molecule has 188 valence electrons. The molecule has 0 spiro atoms. The minimum atomic E-state index is -1.14. The first-order valence-corrected chi connectivity index (χ1v) is 12.3. The Labute approximate surface area is 220 Å². The van der Waals surface area contributed by atoms with E-state index in [0.29, 0.717) is 43.8 Å². The van der Waals surface area contributed by atoms with E-state index in [2.05, 4.69) is 0 Å². The molecule has 2 N–H and O–H groups in total. The molecule has 6 nitrogen and oxygen atoms in total. The maximum absolute atomic E-state index is 14.6. The molecule has 5 aromatic carbocycles. The number of halogens is 1. The lowest BCUT2D eigenvalue weighted by Crippen LogP contribution is -2.16. The first-order valence-electron chi connectivity index (χ1n) is 12.3. The van der Waals surface area contributed by atoms with Crippen molar-refractivity contribution in [2.45, 2.75) is 5.92 Å². The summed E-state index contributed by atoms with van der Waals surface area (Å²) < 4.78 is 20.2. The van der Waals surface area contributed by atoms with Gasteiger partial charge in [-0.1, -0.05) is 60.7 Å². The van der Waals surface area contributed by atoms with E-state index in [-0.39, 0.29) is 28.2 Å². The average molecular weight is 515 g/mol. The molecule has 39 heavy (non-hydrogen) atoms. The predicted molar refractivity (Wildman–Crippen MR) is 148 cm³/mol. The smallest absolute Gasteiger partial charge is 0.344 e. The second kappa shape index (κ2) is 8.63. The number of para-hydroxylation sites is 3. The highest BCUT2D eigenvalue weighted by atomic mass is 19.1. The van der Waals surface area contributed by atoms with Gasteiger partial charge in [0.25, 0.3) is 0 Å². The molecule has 1 atom stereocenters.